The van der Waals surface area contributed by atoms with Crippen LogP contribution in [0.5, 0.6) is 0 Å². The second-order valence-electron chi connectivity index (χ2n) is 6.74. The molecule has 152 valence electrons. The zero-order chi connectivity index (χ0) is 20.6. The molecule has 2 atom stereocenters. The normalized spacial score (nSPS) is 17.1. The number of quaternary nitrogens is 2. The Morgan fingerprint density at radius 1 is 0.897 bits per heavy atom. The largest absolute Gasteiger partial charge is 0.595 e. The minimum absolute atomic E-state index is 0.0831. The van der Waals surface area contributed by atoms with E-state index in [2.05, 4.69) is 22.7 Å². The fourth-order valence-electron chi connectivity index (χ4n) is 3.18. The summed E-state index contributed by atoms with van der Waals surface area (Å²) in [5.41, 5.74) is 6.22. The van der Waals surface area contributed by atoms with Crippen molar-refractivity contribution in [2.45, 2.75) is 25.7 Å². The third-order valence-corrected chi connectivity index (χ3v) is 4.73. The first kappa shape index (κ1) is 20.9. The van der Waals surface area contributed by atoms with Crippen LogP contribution in [-0.2, 0) is 0 Å². The maximum absolute atomic E-state index is 11.4. The Bertz CT molecular complexity index is 908. The number of hydrazone groups is 1. The molecule has 0 spiro atoms. The topological polar surface area (TPSA) is 120 Å². The average molecular weight is 396 g/mol. The first-order valence-corrected chi connectivity index (χ1v) is 9.39. The van der Waals surface area contributed by atoms with Gasteiger partial charge < -0.3 is 10.4 Å². The maximum atomic E-state index is 11.4. The zero-order valence-electron chi connectivity index (χ0n) is 15.8. The van der Waals surface area contributed by atoms with Crippen molar-refractivity contribution in [3.63, 3.8) is 0 Å². The molecule has 0 bridgehead atoms. The molecule has 0 aliphatic heterocycles. The van der Waals surface area contributed by atoms with Gasteiger partial charge in [0.1, 0.15) is 5.69 Å². The van der Waals surface area contributed by atoms with Gasteiger partial charge in [-0.3, -0.25) is 5.43 Å². The molecule has 1 aliphatic rings. The highest BCUT2D eigenvalue weighted by molar-refractivity contribution is 5.82. The smallest absolute Gasteiger partial charge is 0.195 e. The molecule has 2 unspecified atom stereocenters. The lowest BCUT2D eigenvalue weighted by atomic mass is 9.92. The van der Waals surface area contributed by atoms with Gasteiger partial charge in [-0.1, -0.05) is 42.5 Å². The van der Waals surface area contributed by atoms with E-state index in [1.54, 1.807) is 6.21 Å². The number of benzene rings is 2. The Morgan fingerprint density at radius 3 is 2.31 bits per heavy atom. The predicted molar refractivity (Wildman–Crippen MR) is 111 cm³/mol. The number of allylic oxidation sites excluding steroid dienone is 3. The van der Waals surface area contributed by atoms with Crippen LogP contribution < -0.4 is 15.9 Å². The SMILES string of the molecule is [O-][NH+](O)c1ccc(NN=CC2=C(C=Cc3ccccc3)CCCC2)c([NH+]([O-])O)c1. The second-order valence-corrected chi connectivity index (χ2v) is 6.74. The predicted octanol–water partition coefficient (Wildman–Crippen LogP) is 2.48. The Hall–Kier alpha value is -2.85. The number of anilines is 1. The molecule has 0 amide bonds. The van der Waals surface area contributed by atoms with Crippen molar-refractivity contribution in [1.29, 1.82) is 0 Å². The lowest BCUT2D eigenvalue weighted by Gasteiger charge is -2.18. The van der Waals surface area contributed by atoms with Gasteiger partial charge in [0.25, 0.3) is 0 Å². The van der Waals surface area contributed by atoms with Crippen molar-refractivity contribution in [1.82, 2.24) is 0 Å². The van der Waals surface area contributed by atoms with Crippen molar-refractivity contribution in [2.75, 3.05) is 5.43 Å². The van der Waals surface area contributed by atoms with E-state index in [0.29, 0.717) is 0 Å². The van der Waals surface area contributed by atoms with E-state index >= 15 is 0 Å². The van der Waals surface area contributed by atoms with Crippen molar-refractivity contribution in [2.24, 2.45) is 5.10 Å². The Kier molecular flexibility index (Phi) is 7.25. The van der Waals surface area contributed by atoms with Crippen molar-refractivity contribution in [3.05, 3.63) is 81.7 Å². The summed E-state index contributed by atoms with van der Waals surface area (Å²) in [5.74, 6) is 0. The van der Waals surface area contributed by atoms with Gasteiger partial charge in [0.2, 0.25) is 0 Å². The summed E-state index contributed by atoms with van der Waals surface area (Å²) >= 11 is 0. The fraction of sp³-hybridized carbons (Fsp3) is 0.190. The first-order chi connectivity index (χ1) is 14.0. The van der Waals surface area contributed by atoms with Gasteiger partial charge in [0, 0.05) is 6.07 Å². The van der Waals surface area contributed by atoms with E-state index < -0.39 is 10.5 Å². The molecule has 3 rings (SSSR count). The van der Waals surface area contributed by atoms with E-state index in [4.69, 9.17) is 5.21 Å². The molecular formula is C21H24N4O4. The van der Waals surface area contributed by atoms with Crippen LogP contribution >= 0.6 is 0 Å². The van der Waals surface area contributed by atoms with E-state index in [1.165, 1.54) is 17.7 Å². The van der Waals surface area contributed by atoms with Crippen LogP contribution in [0.25, 0.3) is 6.08 Å². The average Bonchev–Trinajstić information content (AvgIpc) is 2.73. The molecule has 8 heteroatoms. The first-order valence-electron chi connectivity index (χ1n) is 9.39. The van der Waals surface area contributed by atoms with Crippen LogP contribution in [0.2, 0.25) is 0 Å². The number of nitrogens with zero attached hydrogens (tertiary/aromatic N) is 1. The van der Waals surface area contributed by atoms with E-state index in [0.717, 1.165) is 42.9 Å². The Labute approximate surface area is 168 Å². The molecular weight excluding hydrogens is 372 g/mol. The van der Waals surface area contributed by atoms with E-state index in [9.17, 15) is 15.6 Å². The lowest BCUT2D eigenvalue weighted by Crippen LogP contribution is -3.00. The number of hydrogen-bond donors (Lipinski definition) is 5. The molecule has 5 N–H and O–H groups in total. The fourth-order valence-corrected chi connectivity index (χ4v) is 3.18. The Morgan fingerprint density at radius 2 is 1.62 bits per heavy atom. The van der Waals surface area contributed by atoms with Gasteiger partial charge in [0.05, 0.1) is 12.3 Å². The Balaban J connectivity index is 1.77. The zero-order valence-corrected chi connectivity index (χ0v) is 15.8. The molecule has 0 radical (unpaired) electrons. The maximum Gasteiger partial charge on any atom is 0.195 e. The third kappa shape index (κ3) is 5.81. The van der Waals surface area contributed by atoms with Gasteiger partial charge in [-0.05, 0) is 48.5 Å². The number of hydrogen-bond acceptors (Lipinski definition) is 6. The van der Waals surface area contributed by atoms with E-state index in [-0.39, 0.29) is 17.1 Å². The van der Waals surface area contributed by atoms with Crippen LogP contribution in [-0.4, -0.2) is 16.6 Å². The van der Waals surface area contributed by atoms with Gasteiger partial charge in [-0.15, -0.1) is 0 Å². The highest BCUT2D eigenvalue weighted by atomic mass is 16.8. The van der Waals surface area contributed by atoms with Crippen LogP contribution in [0.1, 0.15) is 31.2 Å². The molecule has 29 heavy (non-hydrogen) atoms. The summed E-state index contributed by atoms with van der Waals surface area (Å²) in [6, 6.07) is 13.9. The molecule has 1 aliphatic carbocycles. The van der Waals surface area contributed by atoms with Crippen LogP contribution in [0.15, 0.2) is 70.9 Å². The van der Waals surface area contributed by atoms with Gasteiger partial charge in [-0.25, -0.2) is 10.4 Å². The van der Waals surface area contributed by atoms with Crippen molar-refractivity contribution < 1.29 is 20.9 Å². The molecule has 8 nitrogen and oxygen atoms in total. The monoisotopic (exact) mass is 396 g/mol. The minimum Gasteiger partial charge on any atom is -0.595 e. The van der Waals surface area contributed by atoms with Gasteiger partial charge >= 0.3 is 0 Å². The molecule has 2 aromatic rings. The van der Waals surface area contributed by atoms with Gasteiger partial charge in [-0.2, -0.15) is 15.6 Å². The van der Waals surface area contributed by atoms with Gasteiger partial charge in [0.15, 0.2) is 11.4 Å². The number of rotatable bonds is 7. The van der Waals surface area contributed by atoms with Crippen LogP contribution in [0.3, 0.4) is 0 Å². The van der Waals surface area contributed by atoms with Crippen LogP contribution in [0.4, 0.5) is 17.1 Å². The lowest BCUT2D eigenvalue weighted by molar-refractivity contribution is -0.996. The molecule has 0 saturated heterocycles. The second kappa shape index (κ2) is 10.1. The summed E-state index contributed by atoms with van der Waals surface area (Å²) in [5, 5.41) is 42.7. The molecule has 2 aromatic carbocycles. The quantitative estimate of drug-likeness (QED) is 0.364. The summed E-state index contributed by atoms with van der Waals surface area (Å²) < 4.78 is 0. The van der Waals surface area contributed by atoms with E-state index in [1.807, 2.05) is 30.3 Å². The van der Waals surface area contributed by atoms with Crippen molar-refractivity contribution in [3.8, 4) is 0 Å². The molecule has 0 aromatic heterocycles. The highest BCUT2D eigenvalue weighted by Gasteiger charge is 2.14. The summed E-state index contributed by atoms with van der Waals surface area (Å²) in [4.78, 5) is 0. The molecule has 0 heterocycles. The standard InChI is InChI=1S/C21H24N4O4/c26-24(27)19-12-13-20(21(14-19)25(28)29)23-22-15-18-9-5-4-8-17(18)11-10-16-6-2-1-3-7-16/h1-3,6-7,10-15,23-26,28H,4-5,8-9H2. The minimum atomic E-state index is -1.21. The van der Waals surface area contributed by atoms with Crippen LogP contribution in [0, 0.1) is 10.4 Å². The summed E-state index contributed by atoms with van der Waals surface area (Å²) in [6.45, 7) is 0. The third-order valence-electron chi connectivity index (χ3n) is 4.73. The highest BCUT2D eigenvalue weighted by Crippen LogP contribution is 2.26. The molecule has 0 saturated carbocycles. The number of nitrogens with one attached hydrogen (secondary N) is 3. The van der Waals surface area contributed by atoms with Crippen molar-refractivity contribution >= 4 is 29.4 Å². The molecule has 0 fully saturated rings. The summed E-state index contributed by atoms with van der Waals surface area (Å²) in [7, 11) is 0. The summed E-state index contributed by atoms with van der Waals surface area (Å²) in [6.07, 6.45) is 9.99.